The van der Waals surface area contributed by atoms with E-state index in [-0.39, 0.29) is 35.7 Å². The third-order valence-electron chi connectivity index (χ3n) is 3.09. The average Bonchev–Trinajstić information content (AvgIpc) is 2.42. The monoisotopic (exact) mass is 324 g/mol. The van der Waals surface area contributed by atoms with E-state index in [0.29, 0.717) is 6.54 Å². The Morgan fingerprint density at radius 2 is 2.19 bits per heavy atom. The highest BCUT2D eigenvalue weighted by atomic mass is 35.5. The maximum Gasteiger partial charge on any atom is 0.387 e. The van der Waals surface area contributed by atoms with Crippen LogP contribution < -0.4 is 15.4 Å². The number of hydrogen-bond donors (Lipinski definition) is 2. The number of halogens is 4. The second-order valence-corrected chi connectivity index (χ2v) is 4.55. The van der Waals surface area contributed by atoms with Crippen LogP contribution in [0.2, 0.25) is 0 Å². The standard InChI is InChI=1S/C13H15F3N2O2.ClH/c14-9-3-4-10(11(6-9)20-13(15)16)18-12(19)8-2-1-5-17-7-8;/h3-4,6,8,13,17H,1-2,5,7H2,(H,18,19);1H. The first kappa shape index (κ1) is 17.6. The van der Waals surface area contributed by atoms with Crippen LogP contribution in [0.1, 0.15) is 12.8 Å². The number of hydrogen-bond acceptors (Lipinski definition) is 3. The van der Waals surface area contributed by atoms with Gasteiger partial charge >= 0.3 is 6.61 Å². The summed E-state index contributed by atoms with van der Waals surface area (Å²) in [7, 11) is 0. The van der Waals surface area contributed by atoms with Crippen LogP contribution in [-0.2, 0) is 4.79 Å². The lowest BCUT2D eigenvalue weighted by molar-refractivity contribution is -0.120. The quantitative estimate of drug-likeness (QED) is 0.895. The SMILES string of the molecule is Cl.O=C(Nc1ccc(F)cc1OC(F)F)C1CCCNC1. The first-order chi connectivity index (χ1) is 9.56. The van der Waals surface area contributed by atoms with Crippen LogP contribution in [0.5, 0.6) is 5.75 Å². The zero-order chi connectivity index (χ0) is 14.5. The Hall–Kier alpha value is -1.47. The van der Waals surface area contributed by atoms with Gasteiger partial charge in [0.05, 0.1) is 11.6 Å². The maximum atomic E-state index is 13.0. The average molecular weight is 325 g/mol. The Kier molecular flexibility index (Phi) is 6.77. The van der Waals surface area contributed by atoms with E-state index < -0.39 is 12.4 Å². The predicted molar refractivity (Wildman–Crippen MR) is 74.5 cm³/mol. The molecule has 0 spiro atoms. The van der Waals surface area contributed by atoms with Crippen molar-refractivity contribution in [2.75, 3.05) is 18.4 Å². The van der Waals surface area contributed by atoms with E-state index in [9.17, 15) is 18.0 Å². The normalized spacial score (nSPS) is 18.0. The van der Waals surface area contributed by atoms with Gasteiger partial charge in [0, 0.05) is 12.6 Å². The number of benzene rings is 1. The van der Waals surface area contributed by atoms with Crippen LogP contribution in [0.25, 0.3) is 0 Å². The van der Waals surface area contributed by atoms with Crippen molar-refractivity contribution in [1.29, 1.82) is 0 Å². The highest BCUT2D eigenvalue weighted by Gasteiger charge is 2.22. The maximum absolute atomic E-state index is 13.0. The van der Waals surface area contributed by atoms with Gasteiger partial charge in [0.25, 0.3) is 0 Å². The summed E-state index contributed by atoms with van der Waals surface area (Å²) in [5, 5.41) is 5.59. The zero-order valence-electron chi connectivity index (χ0n) is 11.1. The highest BCUT2D eigenvalue weighted by molar-refractivity contribution is 5.94. The summed E-state index contributed by atoms with van der Waals surface area (Å²) < 4.78 is 41.8. The third-order valence-corrected chi connectivity index (χ3v) is 3.09. The van der Waals surface area contributed by atoms with Gasteiger partial charge < -0.3 is 15.4 Å². The molecule has 1 amide bonds. The molecule has 8 heteroatoms. The van der Waals surface area contributed by atoms with Crippen LogP contribution >= 0.6 is 12.4 Å². The fraction of sp³-hybridized carbons (Fsp3) is 0.462. The van der Waals surface area contributed by atoms with E-state index in [2.05, 4.69) is 15.4 Å². The van der Waals surface area contributed by atoms with Gasteiger partial charge in [0.2, 0.25) is 5.91 Å². The van der Waals surface area contributed by atoms with E-state index in [1.54, 1.807) is 0 Å². The molecular formula is C13H16ClF3N2O2. The molecule has 1 aromatic rings. The van der Waals surface area contributed by atoms with Crippen molar-refractivity contribution in [2.45, 2.75) is 19.5 Å². The molecule has 0 aromatic heterocycles. The molecule has 2 N–H and O–H groups in total. The van der Waals surface area contributed by atoms with Gasteiger partial charge in [-0.1, -0.05) is 0 Å². The summed E-state index contributed by atoms with van der Waals surface area (Å²) in [6.45, 7) is -1.68. The molecule has 0 radical (unpaired) electrons. The number of anilines is 1. The molecule has 1 unspecified atom stereocenters. The van der Waals surface area contributed by atoms with E-state index in [1.165, 1.54) is 6.07 Å². The van der Waals surface area contributed by atoms with Crippen molar-refractivity contribution in [3.63, 3.8) is 0 Å². The summed E-state index contributed by atoms with van der Waals surface area (Å²) in [6, 6.07) is 3.11. The topological polar surface area (TPSA) is 50.4 Å². The van der Waals surface area contributed by atoms with Crippen LogP contribution in [0.15, 0.2) is 18.2 Å². The summed E-state index contributed by atoms with van der Waals surface area (Å²) in [5.41, 5.74) is 0.0438. The highest BCUT2D eigenvalue weighted by Crippen LogP contribution is 2.28. The summed E-state index contributed by atoms with van der Waals surface area (Å²) in [6.07, 6.45) is 1.60. The third kappa shape index (κ3) is 5.09. The molecule has 1 fully saturated rings. The van der Waals surface area contributed by atoms with Crippen molar-refractivity contribution in [2.24, 2.45) is 5.92 Å². The fourth-order valence-electron chi connectivity index (χ4n) is 2.10. The molecule has 0 bridgehead atoms. The first-order valence-electron chi connectivity index (χ1n) is 6.32. The van der Waals surface area contributed by atoms with E-state index in [0.717, 1.165) is 31.5 Å². The molecule has 4 nitrogen and oxygen atoms in total. The molecule has 1 heterocycles. The number of alkyl halides is 2. The second-order valence-electron chi connectivity index (χ2n) is 4.55. The summed E-state index contributed by atoms with van der Waals surface area (Å²) in [4.78, 5) is 12.0. The van der Waals surface area contributed by atoms with E-state index >= 15 is 0 Å². The number of rotatable bonds is 4. The van der Waals surface area contributed by atoms with Crippen LogP contribution in [0.4, 0.5) is 18.9 Å². The number of ether oxygens (including phenoxy) is 1. The lowest BCUT2D eigenvalue weighted by Crippen LogP contribution is -2.37. The van der Waals surface area contributed by atoms with Gasteiger partial charge in [0.15, 0.2) is 5.75 Å². The van der Waals surface area contributed by atoms with Crippen LogP contribution in [0.3, 0.4) is 0 Å². The largest absolute Gasteiger partial charge is 0.432 e. The number of carbonyl (C=O) groups is 1. The Labute approximate surface area is 126 Å². The number of amides is 1. The molecule has 1 aliphatic rings. The molecule has 0 saturated carbocycles. The zero-order valence-corrected chi connectivity index (χ0v) is 11.9. The molecule has 1 aromatic carbocycles. The first-order valence-corrected chi connectivity index (χ1v) is 6.32. The van der Waals surface area contributed by atoms with Crippen LogP contribution in [0, 0.1) is 11.7 Å². The van der Waals surface area contributed by atoms with E-state index in [4.69, 9.17) is 0 Å². The minimum Gasteiger partial charge on any atom is -0.432 e. The Balaban J connectivity index is 0.00000220. The second kappa shape index (κ2) is 8.09. The van der Waals surface area contributed by atoms with Gasteiger partial charge in [0.1, 0.15) is 5.82 Å². The minimum atomic E-state index is -3.08. The van der Waals surface area contributed by atoms with Crippen molar-refractivity contribution >= 4 is 24.0 Å². The van der Waals surface area contributed by atoms with Gasteiger partial charge in [-0.05, 0) is 31.5 Å². The summed E-state index contributed by atoms with van der Waals surface area (Å²) in [5.74, 6) is -1.61. The minimum absolute atomic E-state index is 0. The lowest BCUT2D eigenvalue weighted by Gasteiger charge is -2.22. The Morgan fingerprint density at radius 1 is 1.43 bits per heavy atom. The van der Waals surface area contributed by atoms with Gasteiger partial charge in [-0.25, -0.2) is 4.39 Å². The molecule has 1 saturated heterocycles. The smallest absolute Gasteiger partial charge is 0.387 e. The van der Waals surface area contributed by atoms with E-state index in [1.807, 2.05) is 0 Å². The molecular weight excluding hydrogens is 309 g/mol. The van der Waals surface area contributed by atoms with Crippen molar-refractivity contribution < 1.29 is 22.7 Å². The predicted octanol–water partition coefficient (Wildman–Crippen LogP) is 2.79. The molecule has 21 heavy (non-hydrogen) atoms. The number of nitrogens with one attached hydrogen (secondary N) is 2. The van der Waals surface area contributed by atoms with Crippen molar-refractivity contribution in [3.8, 4) is 5.75 Å². The van der Waals surface area contributed by atoms with Crippen molar-refractivity contribution in [3.05, 3.63) is 24.0 Å². The van der Waals surface area contributed by atoms with Crippen molar-refractivity contribution in [1.82, 2.24) is 5.32 Å². The van der Waals surface area contributed by atoms with Gasteiger partial charge in [-0.2, -0.15) is 8.78 Å². The number of piperidine rings is 1. The molecule has 1 aliphatic heterocycles. The van der Waals surface area contributed by atoms with Gasteiger partial charge in [-0.15, -0.1) is 12.4 Å². The van der Waals surface area contributed by atoms with Crippen LogP contribution in [-0.4, -0.2) is 25.6 Å². The molecule has 0 aliphatic carbocycles. The Bertz CT molecular complexity index is 482. The molecule has 1 atom stereocenters. The fourth-order valence-corrected chi connectivity index (χ4v) is 2.10. The number of carbonyl (C=O) groups excluding carboxylic acids is 1. The molecule has 118 valence electrons. The molecule has 2 rings (SSSR count). The Morgan fingerprint density at radius 3 is 2.81 bits per heavy atom. The van der Waals surface area contributed by atoms with Gasteiger partial charge in [-0.3, -0.25) is 4.79 Å². The lowest BCUT2D eigenvalue weighted by atomic mass is 9.99. The summed E-state index contributed by atoms with van der Waals surface area (Å²) >= 11 is 0.